The first-order valence-corrected chi connectivity index (χ1v) is 7.97. The fourth-order valence-electron chi connectivity index (χ4n) is 1.64. The Bertz CT molecular complexity index is 357. The van der Waals surface area contributed by atoms with Gasteiger partial charge in [-0.15, -0.1) is 11.6 Å². The van der Waals surface area contributed by atoms with Gasteiger partial charge < -0.3 is 4.90 Å². The van der Waals surface area contributed by atoms with E-state index in [4.69, 9.17) is 23.2 Å². The van der Waals surface area contributed by atoms with Crippen molar-refractivity contribution in [3.8, 4) is 0 Å². The molecule has 17 heavy (non-hydrogen) atoms. The van der Waals surface area contributed by atoms with Gasteiger partial charge in [-0.1, -0.05) is 17.7 Å². The van der Waals surface area contributed by atoms with Gasteiger partial charge in [-0.2, -0.15) is 11.8 Å². The first kappa shape index (κ1) is 15.0. The van der Waals surface area contributed by atoms with Gasteiger partial charge in [0.15, 0.2) is 0 Å². The molecule has 1 aromatic rings. The molecule has 0 radical (unpaired) electrons. The minimum absolute atomic E-state index is 0.488. The molecule has 0 aliphatic heterocycles. The molecule has 0 aliphatic rings. The highest BCUT2D eigenvalue weighted by atomic mass is 35.5. The third kappa shape index (κ3) is 4.27. The number of anilines is 1. The number of alkyl halides is 1. The lowest BCUT2D eigenvalue weighted by Crippen LogP contribution is -2.29. The molecule has 0 aromatic heterocycles. The maximum Gasteiger partial charge on any atom is 0.0642 e. The summed E-state index contributed by atoms with van der Waals surface area (Å²) in [5.74, 6) is 1.68. The van der Waals surface area contributed by atoms with E-state index in [1.807, 2.05) is 23.9 Å². The highest BCUT2D eigenvalue weighted by Crippen LogP contribution is 2.28. The lowest BCUT2D eigenvalue weighted by atomic mass is 10.1. The Morgan fingerprint density at radius 2 is 2.12 bits per heavy atom. The molecule has 0 saturated carbocycles. The zero-order valence-corrected chi connectivity index (χ0v) is 12.9. The van der Waals surface area contributed by atoms with Crippen LogP contribution in [0.15, 0.2) is 18.2 Å². The number of rotatable bonds is 6. The Morgan fingerprint density at radius 1 is 1.41 bits per heavy atom. The molecule has 1 unspecified atom stereocenters. The Hall–Kier alpha value is -0.0500. The molecule has 4 heteroatoms. The van der Waals surface area contributed by atoms with Crippen molar-refractivity contribution < 1.29 is 0 Å². The van der Waals surface area contributed by atoms with Crippen LogP contribution in [0.1, 0.15) is 18.9 Å². The number of hydrogen-bond acceptors (Lipinski definition) is 2. The van der Waals surface area contributed by atoms with Crippen LogP contribution in [0.4, 0.5) is 5.69 Å². The van der Waals surface area contributed by atoms with Crippen LogP contribution >= 0.6 is 35.0 Å². The van der Waals surface area contributed by atoms with Gasteiger partial charge in [0.2, 0.25) is 0 Å². The minimum atomic E-state index is 0.488. The summed E-state index contributed by atoms with van der Waals surface area (Å²) in [5.41, 5.74) is 2.14. The lowest BCUT2D eigenvalue weighted by molar-refractivity contribution is 0.669. The first-order chi connectivity index (χ1) is 8.10. The second kappa shape index (κ2) is 7.40. The van der Waals surface area contributed by atoms with Crippen LogP contribution in [-0.2, 0) is 5.88 Å². The molecule has 96 valence electrons. The summed E-state index contributed by atoms with van der Waals surface area (Å²) >= 11 is 13.9. The number of benzene rings is 1. The normalized spacial score (nSPS) is 12.5. The third-order valence-electron chi connectivity index (χ3n) is 2.95. The van der Waals surface area contributed by atoms with Crippen LogP contribution in [0.25, 0.3) is 0 Å². The fourth-order valence-corrected chi connectivity index (χ4v) is 2.72. The summed E-state index contributed by atoms with van der Waals surface area (Å²) in [6.45, 7) is 2.22. The van der Waals surface area contributed by atoms with Crippen LogP contribution in [0.2, 0.25) is 5.02 Å². The molecule has 0 fully saturated rings. The molecule has 0 N–H and O–H groups in total. The van der Waals surface area contributed by atoms with Crippen LogP contribution in [0.3, 0.4) is 0 Å². The largest absolute Gasteiger partial charge is 0.371 e. The van der Waals surface area contributed by atoms with Crippen molar-refractivity contribution in [1.82, 2.24) is 0 Å². The van der Waals surface area contributed by atoms with Gasteiger partial charge in [0.05, 0.1) is 10.7 Å². The monoisotopic (exact) mass is 291 g/mol. The van der Waals surface area contributed by atoms with Crippen molar-refractivity contribution >= 4 is 40.7 Å². The Balaban J connectivity index is 2.77. The summed E-state index contributed by atoms with van der Waals surface area (Å²) in [7, 11) is 2.09. The first-order valence-electron chi connectivity index (χ1n) is 5.66. The highest BCUT2D eigenvalue weighted by molar-refractivity contribution is 7.98. The van der Waals surface area contributed by atoms with Gasteiger partial charge in [0.1, 0.15) is 0 Å². The van der Waals surface area contributed by atoms with Crippen molar-refractivity contribution in [3.05, 3.63) is 28.8 Å². The smallest absolute Gasteiger partial charge is 0.0642 e. The second-order valence-electron chi connectivity index (χ2n) is 4.16. The van der Waals surface area contributed by atoms with Crippen molar-refractivity contribution in [3.63, 3.8) is 0 Å². The molecule has 1 rings (SSSR count). The average Bonchev–Trinajstić information content (AvgIpc) is 2.34. The van der Waals surface area contributed by atoms with E-state index in [1.165, 1.54) is 5.75 Å². The predicted molar refractivity (Wildman–Crippen MR) is 81.9 cm³/mol. The van der Waals surface area contributed by atoms with Gasteiger partial charge >= 0.3 is 0 Å². The van der Waals surface area contributed by atoms with Crippen molar-refractivity contribution in [2.75, 3.05) is 24.0 Å². The molecular weight excluding hydrogens is 273 g/mol. The Labute approximate surface area is 118 Å². The van der Waals surface area contributed by atoms with Gasteiger partial charge in [0, 0.05) is 19.0 Å². The molecule has 0 saturated heterocycles. The van der Waals surface area contributed by atoms with Gasteiger partial charge in [0.25, 0.3) is 0 Å². The number of halogens is 2. The second-order valence-corrected chi connectivity index (χ2v) is 5.82. The van der Waals surface area contributed by atoms with Crippen LogP contribution in [-0.4, -0.2) is 25.1 Å². The molecule has 0 aliphatic carbocycles. The maximum absolute atomic E-state index is 6.28. The van der Waals surface area contributed by atoms with Crippen molar-refractivity contribution in [2.45, 2.75) is 25.3 Å². The molecule has 1 atom stereocenters. The fraction of sp³-hybridized carbons (Fsp3) is 0.538. The SMILES string of the molecule is CSCCC(C)N(C)c1ccc(CCl)cc1Cl. The van der Waals surface area contributed by atoms with E-state index in [-0.39, 0.29) is 0 Å². The number of hydrogen-bond donors (Lipinski definition) is 0. The summed E-state index contributed by atoms with van der Waals surface area (Å²) in [4.78, 5) is 2.23. The third-order valence-corrected chi connectivity index (χ3v) is 4.20. The molecular formula is C13H19Cl2NS. The van der Waals surface area contributed by atoms with Crippen LogP contribution in [0.5, 0.6) is 0 Å². The molecule has 1 aromatic carbocycles. The maximum atomic E-state index is 6.28. The summed E-state index contributed by atoms with van der Waals surface area (Å²) in [5, 5.41) is 0.779. The molecule has 0 bridgehead atoms. The molecule has 0 spiro atoms. The number of thioether (sulfide) groups is 1. The topological polar surface area (TPSA) is 3.24 Å². The van der Waals surface area contributed by atoms with E-state index < -0.39 is 0 Å². The Morgan fingerprint density at radius 3 is 2.65 bits per heavy atom. The van der Waals surface area contributed by atoms with Gasteiger partial charge in [-0.25, -0.2) is 0 Å². The molecule has 0 amide bonds. The van der Waals surface area contributed by atoms with E-state index >= 15 is 0 Å². The lowest BCUT2D eigenvalue weighted by Gasteiger charge is -2.28. The van der Waals surface area contributed by atoms with E-state index in [0.29, 0.717) is 11.9 Å². The van der Waals surface area contributed by atoms with E-state index in [9.17, 15) is 0 Å². The van der Waals surface area contributed by atoms with E-state index in [2.05, 4.69) is 31.2 Å². The highest BCUT2D eigenvalue weighted by Gasteiger charge is 2.12. The van der Waals surface area contributed by atoms with E-state index in [0.717, 1.165) is 22.7 Å². The summed E-state index contributed by atoms with van der Waals surface area (Å²) in [6, 6.07) is 6.52. The van der Waals surface area contributed by atoms with Crippen molar-refractivity contribution in [1.29, 1.82) is 0 Å². The zero-order valence-electron chi connectivity index (χ0n) is 10.5. The van der Waals surface area contributed by atoms with E-state index in [1.54, 1.807) is 0 Å². The zero-order chi connectivity index (χ0) is 12.8. The Kier molecular flexibility index (Phi) is 6.53. The molecule has 1 nitrogen and oxygen atoms in total. The standard InChI is InChI=1S/C13H19Cl2NS/c1-10(6-7-17-3)16(2)13-5-4-11(9-14)8-12(13)15/h4-5,8,10H,6-7,9H2,1-3H3. The quantitative estimate of drug-likeness (QED) is 0.702. The van der Waals surface area contributed by atoms with Crippen molar-refractivity contribution in [2.24, 2.45) is 0 Å². The molecule has 0 heterocycles. The summed E-state index contributed by atoms with van der Waals surface area (Å²) < 4.78 is 0. The minimum Gasteiger partial charge on any atom is -0.371 e. The average molecular weight is 292 g/mol. The summed E-state index contributed by atoms with van der Waals surface area (Å²) in [6.07, 6.45) is 3.29. The van der Waals surface area contributed by atoms with Crippen LogP contribution in [0, 0.1) is 0 Å². The van der Waals surface area contributed by atoms with Gasteiger partial charge in [-0.05, 0) is 43.0 Å². The van der Waals surface area contributed by atoms with Crippen LogP contribution < -0.4 is 4.90 Å². The number of nitrogens with zero attached hydrogens (tertiary/aromatic N) is 1. The van der Waals surface area contributed by atoms with Gasteiger partial charge in [-0.3, -0.25) is 0 Å². The predicted octanol–water partition coefficient (Wildman–Crippen LogP) is 4.66.